The van der Waals surface area contributed by atoms with E-state index in [0.29, 0.717) is 6.54 Å². The molecule has 15 heavy (non-hydrogen) atoms. The first-order valence-electron chi connectivity index (χ1n) is 5.42. The van der Waals surface area contributed by atoms with Crippen LogP contribution in [0.4, 0.5) is 0 Å². The second-order valence-corrected chi connectivity index (χ2v) is 5.36. The van der Waals surface area contributed by atoms with Crippen molar-refractivity contribution in [3.05, 3.63) is 17.0 Å². The topological polar surface area (TPSA) is 38.0 Å². The molecule has 0 aliphatic carbocycles. The van der Waals surface area contributed by atoms with Crippen LogP contribution in [-0.4, -0.2) is 21.0 Å². The molecule has 86 valence electrons. The van der Waals surface area contributed by atoms with E-state index >= 15 is 0 Å². The Labute approximate surface area is 92.1 Å². The van der Waals surface area contributed by atoms with Crippen molar-refractivity contribution in [1.82, 2.24) is 9.78 Å². The first-order chi connectivity index (χ1) is 6.73. The Kier molecular flexibility index (Phi) is 3.24. The molecule has 1 unspecified atom stereocenters. The summed E-state index contributed by atoms with van der Waals surface area (Å²) in [6.07, 6.45) is -0.366. The maximum Gasteiger partial charge on any atom is 0.0784 e. The van der Waals surface area contributed by atoms with Gasteiger partial charge in [-0.2, -0.15) is 5.10 Å². The Bertz CT molecular complexity index is 347. The van der Waals surface area contributed by atoms with Crippen molar-refractivity contribution in [2.45, 2.75) is 54.2 Å². The summed E-state index contributed by atoms with van der Waals surface area (Å²) in [6, 6.07) is 0. The van der Waals surface area contributed by atoms with Gasteiger partial charge in [0.15, 0.2) is 0 Å². The maximum absolute atomic E-state index is 10.0. The largest absolute Gasteiger partial charge is 0.391 e. The standard InChI is InChI=1S/C12H22N2O/c1-8-9(2)13-14(10(8)3)7-11(15)12(4,5)6/h11,15H,7H2,1-6H3. The van der Waals surface area contributed by atoms with Crippen LogP contribution >= 0.6 is 0 Å². The number of hydrogen-bond donors (Lipinski definition) is 1. The van der Waals surface area contributed by atoms with Crippen LogP contribution in [0.25, 0.3) is 0 Å². The molecule has 0 radical (unpaired) electrons. The number of nitrogens with zero attached hydrogens (tertiary/aromatic N) is 2. The minimum absolute atomic E-state index is 0.0970. The highest BCUT2D eigenvalue weighted by Crippen LogP contribution is 2.21. The Hall–Kier alpha value is -0.830. The monoisotopic (exact) mass is 210 g/mol. The lowest BCUT2D eigenvalue weighted by atomic mass is 9.89. The average Bonchev–Trinajstić information content (AvgIpc) is 2.32. The average molecular weight is 210 g/mol. The van der Waals surface area contributed by atoms with Gasteiger partial charge in [-0.05, 0) is 31.7 Å². The Morgan fingerprint density at radius 1 is 1.27 bits per heavy atom. The van der Waals surface area contributed by atoms with Crippen LogP contribution in [0.15, 0.2) is 0 Å². The van der Waals surface area contributed by atoms with E-state index in [9.17, 15) is 5.11 Å². The Morgan fingerprint density at radius 3 is 2.13 bits per heavy atom. The van der Waals surface area contributed by atoms with Gasteiger partial charge in [0.1, 0.15) is 0 Å². The van der Waals surface area contributed by atoms with Gasteiger partial charge in [0.2, 0.25) is 0 Å². The molecule has 0 saturated heterocycles. The Morgan fingerprint density at radius 2 is 1.80 bits per heavy atom. The van der Waals surface area contributed by atoms with Crippen molar-refractivity contribution >= 4 is 0 Å². The molecule has 1 rings (SSSR count). The summed E-state index contributed by atoms with van der Waals surface area (Å²) < 4.78 is 1.90. The predicted molar refractivity (Wildman–Crippen MR) is 61.9 cm³/mol. The fraction of sp³-hybridized carbons (Fsp3) is 0.750. The van der Waals surface area contributed by atoms with Gasteiger partial charge in [-0.25, -0.2) is 0 Å². The first kappa shape index (κ1) is 12.2. The van der Waals surface area contributed by atoms with Gasteiger partial charge < -0.3 is 5.11 Å². The zero-order chi connectivity index (χ0) is 11.8. The van der Waals surface area contributed by atoms with E-state index < -0.39 is 0 Å². The molecule has 1 aromatic heterocycles. The lowest BCUT2D eigenvalue weighted by molar-refractivity contribution is 0.0445. The van der Waals surface area contributed by atoms with Crippen molar-refractivity contribution in [3.8, 4) is 0 Å². The highest BCUT2D eigenvalue weighted by Gasteiger charge is 2.23. The van der Waals surface area contributed by atoms with Gasteiger partial charge in [-0.3, -0.25) is 4.68 Å². The molecule has 3 nitrogen and oxygen atoms in total. The summed E-state index contributed by atoms with van der Waals surface area (Å²) in [7, 11) is 0. The van der Waals surface area contributed by atoms with Crippen LogP contribution < -0.4 is 0 Å². The van der Waals surface area contributed by atoms with Crippen LogP contribution in [0.3, 0.4) is 0 Å². The molecule has 1 N–H and O–H groups in total. The second kappa shape index (κ2) is 3.97. The fourth-order valence-electron chi connectivity index (χ4n) is 1.40. The van der Waals surface area contributed by atoms with Crippen molar-refractivity contribution in [1.29, 1.82) is 0 Å². The van der Waals surface area contributed by atoms with Gasteiger partial charge >= 0.3 is 0 Å². The van der Waals surface area contributed by atoms with Gasteiger partial charge in [0.25, 0.3) is 0 Å². The molecule has 3 heteroatoms. The van der Waals surface area contributed by atoms with Gasteiger partial charge in [-0.1, -0.05) is 20.8 Å². The van der Waals surface area contributed by atoms with Crippen LogP contribution in [0.5, 0.6) is 0 Å². The fourth-order valence-corrected chi connectivity index (χ4v) is 1.40. The quantitative estimate of drug-likeness (QED) is 0.812. The lowest BCUT2D eigenvalue weighted by Crippen LogP contribution is -2.31. The SMILES string of the molecule is Cc1nn(CC(O)C(C)(C)C)c(C)c1C. The predicted octanol–water partition coefficient (Wildman–Crippen LogP) is 2.22. The zero-order valence-corrected chi connectivity index (χ0v) is 10.6. The molecule has 0 aromatic carbocycles. The molecule has 0 bridgehead atoms. The van der Waals surface area contributed by atoms with Crippen molar-refractivity contribution < 1.29 is 5.11 Å². The minimum atomic E-state index is -0.366. The van der Waals surface area contributed by atoms with Crippen molar-refractivity contribution in [2.75, 3.05) is 0 Å². The van der Waals surface area contributed by atoms with E-state index in [1.54, 1.807) is 0 Å². The highest BCUT2D eigenvalue weighted by molar-refractivity contribution is 5.22. The molecule has 0 aliphatic rings. The smallest absolute Gasteiger partial charge is 0.0784 e. The summed E-state index contributed by atoms with van der Waals surface area (Å²) in [4.78, 5) is 0. The van der Waals surface area contributed by atoms with E-state index in [0.717, 1.165) is 11.4 Å². The van der Waals surface area contributed by atoms with Gasteiger partial charge in [0, 0.05) is 5.69 Å². The third-order valence-electron chi connectivity index (χ3n) is 3.09. The normalized spacial score (nSPS) is 14.3. The lowest BCUT2D eigenvalue weighted by Gasteiger charge is -2.26. The van der Waals surface area contributed by atoms with Crippen LogP contribution in [-0.2, 0) is 6.54 Å². The van der Waals surface area contributed by atoms with Crippen molar-refractivity contribution in [3.63, 3.8) is 0 Å². The van der Waals surface area contributed by atoms with Crippen LogP contribution in [0.2, 0.25) is 0 Å². The molecule has 1 aromatic rings. The highest BCUT2D eigenvalue weighted by atomic mass is 16.3. The van der Waals surface area contributed by atoms with Crippen LogP contribution in [0.1, 0.15) is 37.7 Å². The Balaban J connectivity index is 2.86. The van der Waals surface area contributed by atoms with E-state index in [2.05, 4.69) is 12.0 Å². The van der Waals surface area contributed by atoms with Crippen LogP contribution in [0, 0.1) is 26.2 Å². The molecule has 0 spiro atoms. The molecule has 0 saturated carbocycles. The summed E-state index contributed by atoms with van der Waals surface area (Å²) >= 11 is 0. The molecule has 0 aliphatic heterocycles. The zero-order valence-electron chi connectivity index (χ0n) is 10.6. The van der Waals surface area contributed by atoms with E-state index in [4.69, 9.17) is 0 Å². The number of aliphatic hydroxyl groups is 1. The molecule has 0 fully saturated rings. The van der Waals surface area contributed by atoms with Crippen molar-refractivity contribution in [2.24, 2.45) is 5.41 Å². The summed E-state index contributed by atoms with van der Waals surface area (Å²) in [5, 5.41) is 14.4. The second-order valence-electron chi connectivity index (χ2n) is 5.36. The third kappa shape index (κ3) is 2.59. The molecule has 1 atom stereocenters. The summed E-state index contributed by atoms with van der Waals surface area (Å²) in [6.45, 7) is 12.8. The molecular formula is C12H22N2O. The number of aryl methyl sites for hydroxylation is 1. The molecular weight excluding hydrogens is 188 g/mol. The van der Waals surface area contributed by atoms with Gasteiger partial charge in [0.05, 0.1) is 18.3 Å². The van der Waals surface area contributed by atoms with E-state index in [1.807, 2.05) is 39.3 Å². The summed E-state index contributed by atoms with van der Waals surface area (Å²) in [5.41, 5.74) is 3.32. The maximum atomic E-state index is 10.0. The number of aromatic nitrogens is 2. The number of aliphatic hydroxyl groups excluding tert-OH is 1. The number of rotatable bonds is 2. The molecule has 0 amide bonds. The number of hydrogen-bond acceptors (Lipinski definition) is 2. The first-order valence-corrected chi connectivity index (χ1v) is 5.42. The molecule has 1 heterocycles. The third-order valence-corrected chi connectivity index (χ3v) is 3.09. The van der Waals surface area contributed by atoms with Gasteiger partial charge in [-0.15, -0.1) is 0 Å². The van der Waals surface area contributed by atoms with E-state index in [-0.39, 0.29) is 11.5 Å². The summed E-state index contributed by atoms with van der Waals surface area (Å²) in [5.74, 6) is 0. The van der Waals surface area contributed by atoms with E-state index in [1.165, 1.54) is 5.56 Å². The minimum Gasteiger partial charge on any atom is -0.391 e.